The number of nitrogens with one attached hydrogen (secondary N) is 2. The Bertz CT molecular complexity index is 1160. The number of amides is 1. The van der Waals surface area contributed by atoms with Crippen LogP contribution < -0.4 is 10.9 Å². The van der Waals surface area contributed by atoms with Crippen molar-refractivity contribution >= 4 is 39.6 Å². The molecule has 0 spiro atoms. The Morgan fingerprint density at radius 1 is 1.24 bits per heavy atom. The lowest BCUT2D eigenvalue weighted by Gasteiger charge is -2.01. The van der Waals surface area contributed by atoms with E-state index in [1.54, 1.807) is 12.1 Å². The van der Waals surface area contributed by atoms with Crippen molar-refractivity contribution in [1.29, 1.82) is 0 Å². The van der Waals surface area contributed by atoms with Crippen molar-refractivity contribution < 1.29 is 4.79 Å². The second kappa shape index (κ2) is 5.71. The van der Waals surface area contributed by atoms with Crippen LogP contribution >= 0.6 is 11.6 Å². The number of fused-ring (bicyclic) bond motifs is 3. The van der Waals surface area contributed by atoms with Gasteiger partial charge in [-0.25, -0.2) is 19.4 Å². The fraction of sp³-hybridized carbons (Fsp3) is 0.133. The smallest absolute Gasteiger partial charge is 0.336 e. The third kappa shape index (κ3) is 2.36. The SMILES string of the molecule is CCNC(=O)n1ncc2c3[nH]n(-c4ccc(Cl)cn4)c(=O)c3cnc21. The highest BCUT2D eigenvalue weighted by Crippen LogP contribution is 2.20. The fourth-order valence-electron chi connectivity index (χ4n) is 2.58. The molecule has 0 aromatic carbocycles. The van der Waals surface area contributed by atoms with Crippen molar-refractivity contribution in [3.8, 4) is 5.82 Å². The molecule has 2 N–H and O–H groups in total. The van der Waals surface area contributed by atoms with Gasteiger partial charge in [-0.1, -0.05) is 11.6 Å². The van der Waals surface area contributed by atoms with Gasteiger partial charge < -0.3 is 5.32 Å². The standard InChI is InChI=1S/C15H12ClN7O2/c1-2-17-15(25)23-13-9(7-20-23)12-10(6-19-13)14(24)22(21-12)11-4-3-8(16)5-18-11/h3-7,21H,2H2,1H3,(H,17,25). The van der Waals surface area contributed by atoms with E-state index in [1.165, 1.54) is 23.3 Å². The minimum absolute atomic E-state index is 0.301. The third-order valence-corrected chi connectivity index (χ3v) is 3.94. The largest absolute Gasteiger partial charge is 0.344 e. The van der Waals surface area contributed by atoms with Crippen LogP contribution in [0, 0.1) is 0 Å². The second-order valence-corrected chi connectivity index (χ2v) is 5.70. The Morgan fingerprint density at radius 2 is 2.08 bits per heavy atom. The Morgan fingerprint density at radius 3 is 2.80 bits per heavy atom. The number of aromatic amines is 1. The zero-order valence-electron chi connectivity index (χ0n) is 13.0. The van der Waals surface area contributed by atoms with Gasteiger partial charge in [-0.2, -0.15) is 9.78 Å². The van der Waals surface area contributed by atoms with Crippen LogP contribution in [0.1, 0.15) is 6.92 Å². The first kappa shape index (κ1) is 15.3. The molecular weight excluding hydrogens is 346 g/mol. The maximum Gasteiger partial charge on any atom is 0.344 e. The predicted octanol–water partition coefficient (Wildman–Crippen LogP) is 1.69. The zero-order valence-corrected chi connectivity index (χ0v) is 13.8. The average molecular weight is 358 g/mol. The molecule has 126 valence electrons. The van der Waals surface area contributed by atoms with E-state index in [9.17, 15) is 9.59 Å². The Hall–Kier alpha value is -3.20. The molecule has 9 nitrogen and oxygen atoms in total. The summed E-state index contributed by atoms with van der Waals surface area (Å²) >= 11 is 5.83. The molecule has 0 bridgehead atoms. The lowest BCUT2D eigenvalue weighted by Crippen LogP contribution is -2.29. The number of halogens is 1. The van der Waals surface area contributed by atoms with Crippen molar-refractivity contribution in [1.82, 2.24) is 34.8 Å². The van der Waals surface area contributed by atoms with E-state index >= 15 is 0 Å². The molecule has 4 aromatic heterocycles. The van der Waals surface area contributed by atoms with E-state index in [-0.39, 0.29) is 11.6 Å². The van der Waals surface area contributed by atoms with E-state index in [2.05, 4.69) is 25.5 Å². The number of rotatable bonds is 2. The van der Waals surface area contributed by atoms with Crippen molar-refractivity contribution in [3.63, 3.8) is 0 Å². The van der Waals surface area contributed by atoms with Crippen LogP contribution in [0.2, 0.25) is 5.02 Å². The first-order chi connectivity index (χ1) is 12.1. The van der Waals surface area contributed by atoms with E-state index in [4.69, 9.17) is 11.6 Å². The minimum Gasteiger partial charge on any atom is -0.336 e. The van der Waals surface area contributed by atoms with Gasteiger partial charge in [-0.15, -0.1) is 0 Å². The van der Waals surface area contributed by atoms with Crippen LogP contribution in [0.3, 0.4) is 0 Å². The number of hydrogen-bond acceptors (Lipinski definition) is 5. The first-order valence-corrected chi connectivity index (χ1v) is 7.85. The topological polar surface area (TPSA) is 110 Å². The molecule has 4 rings (SSSR count). The number of carbonyl (C=O) groups excluding carboxylic acids is 1. The van der Waals surface area contributed by atoms with Gasteiger partial charge in [0.15, 0.2) is 11.5 Å². The lowest BCUT2D eigenvalue weighted by molar-refractivity contribution is 0.241. The summed E-state index contributed by atoms with van der Waals surface area (Å²) in [6, 6.07) is 2.88. The molecule has 0 aliphatic heterocycles. The Labute approximate surface area is 145 Å². The second-order valence-electron chi connectivity index (χ2n) is 5.26. The van der Waals surface area contributed by atoms with Gasteiger partial charge in [0.25, 0.3) is 5.56 Å². The van der Waals surface area contributed by atoms with Gasteiger partial charge in [-0.05, 0) is 19.1 Å². The van der Waals surface area contributed by atoms with Gasteiger partial charge in [0.2, 0.25) is 0 Å². The third-order valence-electron chi connectivity index (χ3n) is 3.72. The van der Waals surface area contributed by atoms with Crippen molar-refractivity contribution in [2.45, 2.75) is 6.92 Å². The highest BCUT2D eigenvalue weighted by molar-refractivity contribution is 6.30. The normalized spacial score (nSPS) is 11.3. The monoisotopic (exact) mass is 357 g/mol. The fourth-order valence-corrected chi connectivity index (χ4v) is 2.69. The lowest BCUT2D eigenvalue weighted by atomic mass is 10.2. The van der Waals surface area contributed by atoms with Gasteiger partial charge in [-0.3, -0.25) is 9.89 Å². The first-order valence-electron chi connectivity index (χ1n) is 7.47. The minimum atomic E-state index is -0.384. The van der Waals surface area contributed by atoms with Crippen LogP contribution in [0.25, 0.3) is 27.8 Å². The zero-order chi connectivity index (χ0) is 17.6. The Kier molecular flexibility index (Phi) is 3.50. The molecule has 0 fully saturated rings. The van der Waals surface area contributed by atoms with Crippen LogP contribution in [0.15, 0.2) is 35.5 Å². The number of carbonyl (C=O) groups is 1. The molecular formula is C15H12ClN7O2. The molecule has 0 saturated carbocycles. The summed E-state index contributed by atoms with van der Waals surface area (Å²) < 4.78 is 2.46. The number of aromatic nitrogens is 6. The van der Waals surface area contributed by atoms with Crippen molar-refractivity contribution in [2.24, 2.45) is 0 Å². The maximum atomic E-state index is 12.6. The summed E-state index contributed by atoms with van der Waals surface area (Å²) in [6.45, 7) is 2.28. The van der Waals surface area contributed by atoms with Gasteiger partial charge in [0, 0.05) is 18.9 Å². The predicted molar refractivity (Wildman–Crippen MR) is 92.3 cm³/mol. The van der Waals surface area contributed by atoms with E-state index in [0.717, 1.165) is 4.68 Å². The van der Waals surface area contributed by atoms with E-state index in [0.29, 0.717) is 39.3 Å². The summed E-state index contributed by atoms with van der Waals surface area (Å²) in [4.78, 5) is 33.0. The summed E-state index contributed by atoms with van der Waals surface area (Å²) in [5, 5.41) is 11.1. The van der Waals surface area contributed by atoms with Crippen LogP contribution in [-0.2, 0) is 0 Å². The molecule has 0 aliphatic carbocycles. The summed E-state index contributed by atoms with van der Waals surface area (Å²) in [6.07, 6.45) is 4.37. The number of pyridine rings is 2. The van der Waals surface area contributed by atoms with Gasteiger partial charge >= 0.3 is 6.03 Å². The molecule has 0 unspecified atom stereocenters. The Balaban J connectivity index is 1.94. The molecule has 25 heavy (non-hydrogen) atoms. The highest BCUT2D eigenvalue weighted by Gasteiger charge is 2.17. The van der Waals surface area contributed by atoms with Crippen molar-refractivity contribution in [3.05, 3.63) is 46.1 Å². The molecule has 0 radical (unpaired) electrons. The van der Waals surface area contributed by atoms with Crippen LogP contribution in [0.5, 0.6) is 0 Å². The van der Waals surface area contributed by atoms with E-state index in [1.807, 2.05) is 6.92 Å². The molecule has 1 amide bonds. The van der Waals surface area contributed by atoms with E-state index < -0.39 is 0 Å². The maximum absolute atomic E-state index is 12.6. The molecule has 0 atom stereocenters. The number of nitrogens with zero attached hydrogens (tertiary/aromatic N) is 5. The quantitative estimate of drug-likeness (QED) is 0.567. The van der Waals surface area contributed by atoms with Crippen molar-refractivity contribution in [2.75, 3.05) is 6.54 Å². The summed E-state index contributed by atoms with van der Waals surface area (Å²) in [5.74, 6) is 0.398. The highest BCUT2D eigenvalue weighted by atomic mass is 35.5. The molecule has 0 aliphatic rings. The number of H-pyrrole nitrogens is 1. The van der Waals surface area contributed by atoms with Crippen LogP contribution in [0.4, 0.5) is 4.79 Å². The average Bonchev–Trinajstić information content (AvgIpc) is 3.17. The number of hydrogen-bond donors (Lipinski definition) is 2. The molecule has 4 aromatic rings. The molecule has 10 heteroatoms. The summed E-state index contributed by atoms with van der Waals surface area (Å²) in [7, 11) is 0. The molecule has 0 saturated heterocycles. The van der Waals surface area contributed by atoms with Gasteiger partial charge in [0.05, 0.1) is 27.5 Å². The molecule has 4 heterocycles. The van der Waals surface area contributed by atoms with Gasteiger partial charge in [0.1, 0.15) is 0 Å². The summed E-state index contributed by atoms with van der Waals surface area (Å²) in [5.41, 5.74) is 0.586. The van der Waals surface area contributed by atoms with Crippen LogP contribution in [-0.4, -0.2) is 42.1 Å².